The molecule has 81 heavy (non-hydrogen) atoms. The highest BCUT2D eigenvalue weighted by Crippen LogP contribution is 2.17. The highest BCUT2D eigenvalue weighted by atomic mass is 16.6. The molecule has 0 rings (SSSR count). The Morgan fingerprint density at radius 3 is 0.741 bits per heavy atom. The third-order valence-corrected chi connectivity index (χ3v) is 15.3. The molecule has 6 nitrogen and oxygen atoms in total. The number of hydrogen-bond acceptors (Lipinski definition) is 6. The predicted octanol–water partition coefficient (Wildman–Crippen LogP) is 24.2. The molecule has 0 spiro atoms. The summed E-state index contributed by atoms with van der Waals surface area (Å²) in [5.41, 5.74) is 0. The molecular weight excluding hydrogens is 997 g/mol. The number of esters is 3. The van der Waals surface area contributed by atoms with Crippen molar-refractivity contribution in [2.75, 3.05) is 13.2 Å². The van der Waals surface area contributed by atoms with E-state index in [9.17, 15) is 14.4 Å². The lowest BCUT2D eigenvalue weighted by molar-refractivity contribution is -0.167. The molecule has 0 aromatic heterocycles. The molecule has 0 saturated heterocycles. The quantitative estimate of drug-likeness (QED) is 0.0261. The van der Waals surface area contributed by atoms with Crippen LogP contribution in [0.15, 0.2) is 85.1 Å². The van der Waals surface area contributed by atoms with Gasteiger partial charge in [0.25, 0.3) is 0 Å². The fourth-order valence-electron chi connectivity index (χ4n) is 10.0. The summed E-state index contributed by atoms with van der Waals surface area (Å²) >= 11 is 0. The van der Waals surface area contributed by atoms with E-state index in [0.717, 1.165) is 103 Å². The Hall–Kier alpha value is -3.41. The first-order valence-electron chi connectivity index (χ1n) is 35.1. The van der Waals surface area contributed by atoms with Gasteiger partial charge in [0.1, 0.15) is 13.2 Å². The second-order valence-electron chi connectivity index (χ2n) is 23.4. The van der Waals surface area contributed by atoms with E-state index in [2.05, 4.69) is 106 Å². The zero-order valence-electron chi connectivity index (χ0n) is 53.8. The van der Waals surface area contributed by atoms with E-state index in [0.29, 0.717) is 19.3 Å². The summed E-state index contributed by atoms with van der Waals surface area (Å²) < 4.78 is 17.0. The zero-order valence-corrected chi connectivity index (χ0v) is 53.8. The van der Waals surface area contributed by atoms with Crippen LogP contribution in [0, 0.1) is 0 Å². The lowest BCUT2D eigenvalue weighted by Crippen LogP contribution is -2.30. The van der Waals surface area contributed by atoms with Gasteiger partial charge in [-0.15, -0.1) is 0 Å². The molecule has 6 heteroatoms. The molecule has 0 aliphatic heterocycles. The summed E-state index contributed by atoms with van der Waals surface area (Å²) in [6, 6.07) is 0. The van der Waals surface area contributed by atoms with Gasteiger partial charge in [-0.2, -0.15) is 0 Å². The fraction of sp³-hybridized carbons (Fsp3) is 0.773. The van der Waals surface area contributed by atoms with Crippen LogP contribution in [0.5, 0.6) is 0 Å². The van der Waals surface area contributed by atoms with E-state index in [1.807, 2.05) is 0 Å². The van der Waals surface area contributed by atoms with Crippen molar-refractivity contribution in [3.8, 4) is 0 Å². The Balaban J connectivity index is 4.23. The lowest BCUT2D eigenvalue weighted by Gasteiger charge is -2.18. The van der Waals surface area contributed by atoms with E-state index in [4.69, 9.17) is 14.2 Å². The van der Waals surface area contributed by atoms with Crippen molar-refractivity contribution in [3.05, 3.63) is 85.1 Å². The second-order valence-corrected chi connectivity index (χ2v) is 23.4. The first kappa shape index (κ1) is 77.6. The molecule has 0 aliphatic carbocycles. The van der Waals surface area contributed by atoms with Gasteiger partial charge in [-0.25, -0.2) is 0 Å². The van der Waals surface area contributed by atoms with Gasteiger partial charge in [0.05, 0.1) is 0 Å². The van der Waals surface area contributed by atoms with Crippen molar-refractivity contribution in [2.45, 2.75) is 361 Å². The molecule has 468 valence electrons. The summed E-state index contributed by atoms with van der Waals surface area (Å²) in [6.45, 7) is 6.59. The van der Waals surface area contributed by atoms with Gasteiger partial charge in [0.15, 0.2) is 6.10 Å². The number of rotatable bonds is 64. The third-order valence-electron chi connectivity index (χ3n) is 15.3. The van der Waals surface area contributed by atoms with Crippen LogP contribution in [-0.2, 0) is 28.6 Å². The lowest BCUT2D eigenvalue weighted by atomic mass is 10.0. The van der Waals surface area contributed by atoms with E-state index in [1.165, 1.54) is 212 Å². The topological polar surface area (TPSA) is 78.9 Å². The van der Waals surface area contributed by atoms with Crippen molar-refractivity contribution in [2.24, 2.45) is 0 Å². The standard InChI is InChI=1S/C75H132O6/c1-4-7-10-13-16-19-22-25-28-30-32-33-34-35-36-37-38-39-40-41-42-43-44-46-47-50-53-56-59-62-65-68-74(77)80-71-72(70-79-73(76)67-64-61-58-55-52-49-27-24-21-18-15-12-9-6-3)81-75(78)69-66-63-60-57-54-51-48-45-31-29-26-23-20-17-14-11-8-5-2/h15,18,20,22-25,27,29-32,34-35,72H,4-14,16-17,19,21,26,28,33,36-71H2,1-3H3/b18-15-,23-20-,25-22-,27-24-,31-29-,32-30-,35-34-. The Kier molecular flexibility index (Phi) is 66.2. The van der Waals surface area contributed by atoms with E-state index in [-0.39, 0.29) is 31.1 Å². The maximum atomic E-state index is 12.9. The van der Waals surface area contributed by atoms with E-state index < -0.39 is 6.10 Å². The minimum absolute atomic E-state index is 0.0821. The number of hydrogen-bond donors (Lipinski definition) is 0. The molecule has 1 atom stereocenters. The average Bonchev–Trinajstić information content (AvgIpc) is 3.47. The smallest absolute Gasteiger partial charge is 0.306 e. The van der Waals surface area contributed by atoms with Crippen molar-refractivity contribution >= 4 is 17.9 Å². The van der Waals surface area contributed by atoms with Gasteiger partial charge in [0.2, 0.25) is 0 Å². The molecule has 0 N–H and O–H groups in total. The first-order chi connectivity index (χ1) is 40.0. The molecule has 0 amide bonds. The summed E-state index contributed by atoms with van der Waals surface area (Å²) in [7, 11) is 0. The first-order valence-corrected chi connectivity index (χ1v) is 35.1. The number of carbonyl (C=O) groups excluding carboxylic acids is 3. The Bertz CT molecular complexity index is 1530. The minimum atomic E-state index is -0.788. The predicted molar refractivity (Wildman–Crippen MR) is 353 cm³/mol. The molecule has 0 heterocycles. The van der Waals surface area contributed by atoms with Gasteiger partial charge in [-0.3, -0.25) is 14.4 Å². The molecule has 0 fully saturated rings. The zero-order chi connectivity index (χ0) is 58.5. The van der Waals surface area contributed by atoms with Crippen molar-refractivity contribution in [1.29, 1.82) is 0 Å². The van der Waals surface area contributed by atoms with Gasteiger partial charge >= 0.3 is 17.9 Å². The van der Waals surface area contributed by atoms with Crippen LogP contribution in [0.2, 0.25) is 0 Å². The largest absolute Gasteiger partial charge is 0.462 e. The van der Waals surface area contributed by atoms with Crippen LogP contribution < -0.4 is 0 Å². The van der Waals surface area contributed by atoms with E-state index in [1.54, 1.807) is 0 Å². The number of ether oxygens (including phenoxy) is 3. The number of unbranched alkanes of at least 4 members (excludes halogenated alkanes) is 39. The number of carbonyl (C=O) groups is 3. The van der Waals surface area contributed by atoms with Crippen LogP contribution in [0.25, 0.3) is 0 Å². The normalized spacial score (nSPS) is 12.6. The average molecular weight is 1130 g/mol. The SMILES string of the molecule is CCCC/C=C\C/C=C\CCCCCCCC(=O)OCC(COC(=O)CCCCCCCCCCCCCCCCCC/C=C\C/C=C\C/C=C\CCCCCCC)OC(=O)CCCCCCCCC/C=C\C/C=C\CCCCCC. The molecule has 1 unspecified atom stereocenters. The molecule has 0 aromatic carbocycles. The highest BCUT2D eigenvalue weighted by Gasteiger charge is 2.19. The summed E-state index contributed by atoms with van der Waals surface area (Å²) in [6.07, 6.45) is 91.8. The fourth-order valence-corrected chi connectivity index (χ4v) is 10.0. The van der Waals surface area contributed by atoms with Crippen LogP contribution in [0.3, 0.4) is 0 Å². The van der Waals surface area contributed by atoms with Crippen molar-refractivity contribution < 1.29 is 28.6 Å². The summed E-state index contributed by atoms with van der Waals surface area (Å²) in [5, 5.41) is 0. The van der Waals surface area contributed by atoms with Gasteiger partial charge in [-0.1, -0.05) is 305 Å². The second kappa shape index (κ2) is 69.1. The maximum Gasteiger partial charge on any atom is 0.306 e. The van der Waals surface area contributed by atoms with Gasteiger partial charge < -0.3 is 14.2 Å². The molecular formula is C75H132O6. The van der Waals surface area contributed by atoms with Crippen LogP contribution in [0.1, 0.15) is 355 Å². The molecule has 0 aliphatic rings. The van der Waals surface area contributed by atoms with E-state index >= 15 is 0 Å². The molecule has 0 radical (unpaired) electrons. The van der Waals surface area contributed by atoms with Crippen LogP contribution >= 0.6 is 0 Å². The van der Waals surface area contributed by atoms with Crippen LogP contribution in [-0.4, -0.2) is 37.2 Å². The molecule has 0 saturated carbocycles. The number of allylic oxidation sites excluding steroid dienone is 14. The van der Waals surface area contributed by atoms with Crippen molar-refractivity contribution in [3.63, 3.8) is 0 Å². The minimum Gasteiger partial charge on any atom is -0.462 e. The summed E-state index contributed by atoms with van der Waals surface area (Å²) in [5.74, 6) is -0.889. The summed E-state index contributed by atoms with van der Waals surface area (Å²) in [4.78, 5) is 38.4. The highest BCUT2D eigenvalue weighted by molar-refractivity contribution is 5.71. The Morgan fingerprint density at radius 1 is 0.247 bits per heavy atom. The Morgan fingerprint density at radius 2 is 0.457 bits per heavy atom. The van der Waals surface area contributed by atoms with Crippen molar-refractivity contribution in [1.82, 2.24) is 0 Å². The van der Waals surface area contributed by atoms with Gasteiger partial charge in [0, 0.05) is 19.3 Å². The third kappa shape index (κ3) is 67.3. The molecule has 0 aromatic rings. The monoisotopic (exact) mass is 1130 g/mol. The van der Waals surface area contributed by atoms with Gasteiger partial charge in [-0.05, 0) is 116 Å². The molecule has 0 bridgehead atoms. The van der Waals surface area contributed by atoms with Crippen LogP contribution in [0.4, 0.5) is 0 Å². The Labute approximate surface area is 503 Å². The maximum absolute atomic E-state index is 12.9.